The predicted octanol–water partition coefficient (Wildman–Crippen LogP) is -1.91. The minimum Gasteiger partial charge on any atom is -0.262 e. The molecule has 2 saturated heterocycles. The van der Waals surface area contributed by atoms with Gasteiger partial charge in [-0.2, -0.15) is 4.90 Å². The highest BCUT2D eigenvalue weighted by molar-refractivity contribution is 4.71. The van der Waals surface area contributed by atoms with Crippen LogP contribution in [0.3, 0.4) is 0 Å². The van der Waals surface area contributed by atoms with Crippen molar-refractivity contribution < 1.29 is 9.96 Å². The maximum absolute atomic E-state index is 10.6. The summed E-state index contributed by atoms with van der Waals surface area (Å²) in [6, 6.07) is 0. The molecule has 0 aromatic rings. The summed E-state index contributed by atoms with van der Waals surface area (Å²) in [7, 11) is 0. The van der Waals surface area contributed by atoms with E-state index in [4.69, 9.17) is 0 Å². The molecule has 0 saturated carbocycles. The fraction of sp³-hybridized carbons (Fsp3) is 1.00. The third-order valence-electron chi connectivity index (χ3n) is 2.36. The van der Waals surface area contributed by atoms with E-state index in [1.54, 1.807) is 4.90 Å². The molecule has 0 amide bonds. The molecule has 0 aromatic carbocycles. The lowest BCUT2D eigenvalue weighted by molar-refractivity contribution is -0.678. The molecular weight excluding hydrogens is 208 g/mol. The summed E-state index contributed by atoms with van der Waals surface area (Å²) in [4.78, 5) is 23.8. The average molecular weight is 218 g/mol. The monoisotopic (exact) mass is 218 g/mol. The molecule has 2 heterocycles. The number of nitro groups is 2. The van der Waals surface area contributed by atoms with E-state index in [-0.39, 0.29) is 20.0 Å². The van der Waals surface area contributed by atoms with E-state index in [2.05, 4.69) is 5.32 Å². The highest BCUT2D eigenvalue weighted by Gasteiger charge is 2.41. The Balaban J connectivity index is 2.09. The Labute approximate surface area is 84.3 Å². The van der Waals surface area contributed by atoms with Crippen molar-refractivity contribution in [1.82, 2.24) is 20.1 Å². The maximum Gasteiger partial charge on any atom is 0.329 e. The van der Waals surface area contributed by atoms with E-state index in [1.165, 1.54) is 4.90 Å². The molecule has 2 rings (SSSR count). The molecule has 84 valence electrons. The number of rotatable bonds is 2. The topological polar surface area (TPSA) is 108 Å². The summed E-state index contributed by atoms with van der Waals surface area (Å²) in [5.41, 5.74) is 0. The van der Waals surface area contributed by atoms with E-state index in [1.807, 2.05) is 0 Å². The maximum atomic E-state index is 10.6. The van der Waals surface area contributed by atoms with E-state index in [0.29, 0.717) is 6.67 Å². The van der Waals surface area contributed by atoms with Gasteiger partial charge in [0.05, 0.1) is 18.3 Å². The molecule has 2 fully saturated rings. The van der Waals surface area contributed by atoms with Crippen LogP contribution in [0, 0.1) is 20.2 Å². The summed E-state index contributed by atoms with van der Waals surface area (Å²) in [5.74, 6) is 0. The van der Waals surface area contributed by atoms with Gasteiger partial charge in [0, 0.05) is 0 Å². The quantitative estimate of drug-likeness (QED) is 0.422. The zero-order chi connectivity index (χ0) is 11.0. The lowest BCUT2D eigenvalue weighted by Gasteiger charge is -2.42. The van der Waals surface area contributed by atoms with Crippen molar-refractivity contribution >= 4 is 0 Å². The second kappa shape index (κ2) is 3.56. The van der Waals surface area contributed by atoms with Gasteiger partial charge in [-0.1, -0.05) is 5.01 Å². The first-order chi connectivity index (χ1) is 7.08. The summed E-state index contributed by atoms with van der Waals surface area (Å²) in [6.07, 6.45) is -1.04. The Hall–Kier alpha value is -1.52. The molecule has 0 aromatic heterocycles. The van der Waals surface area contributed by atoms with Crippen LogP contribution in [-0.4, -0.2) is 57.7 Å². The first-order valence-corrected chi connectivity index (χ1v) is 4.30. The molecular formula is C5H10N6O4. The number of nitrogens with zero attached hydrogens (tertiary/aromatic N) is 5. The molecule has 0 radical (unpaired) electrons. The van der Waals surface area contributed by atoms with Gasteiger partial charge in [-0.15, -0.1) is 0 Å². The van der Waals surface area contributed by atoms with E-state index < -0.39 is 16.2 Å². The second-order valence-corrected chi connectivity index (χ2v) is 3.45. The number of nitrogens with one attached hydrogen (secondary N) is 1. The summed E-state index contributed by atoms with van der Waals surface area (Å²) in [6.45, 7) is 0.804. The van der Waals surface area contributed by atoms with Crippen LogP contribution in [-0.2, 0) is 0 Å². The van der Waals surface area contributed by atoms with Crippen molar-refractivity contribution in [1.29, 1.82) is 0 Å². The van der Waals surface area contributed by atoms with Crippen molar-refractivity contribution in [2.45, 2.75) is 6.29 Å². The van der Waals surface area contributed by atoms with E-state index >= 15 is 0 Å². The standard InChI is InChI=1S/C5H10N6O4/c12-10(13)5-6-1-7-2-8(5)4-9(3-7)11(14)15/h5-6H,1-4H2. The molecule has 2 aliphatic heterocycles. The van der Waals surface area contributed by atoms with Crippen molar-refractivity contribution in [2.24, 2.45) is 0 Å². The van der Waals surface area contributed by atoms with Gasteiger partial charge in [0.15, 0.2) is 5.03 Å². The highest BCUT2D eigenvalue weighted by atomic mass is 16.7. The first-order valence-electron chi connectivity index (χ1n) is 4.30. The van der Waals surface area contributed by atoms with Crippen LogP contribution in [0.4, 0.5) is 0 Å². The van der Waals surface area contributed by atoms with Gasteiger partial charge in [-0.05, 0) is 0 Å². The summed E-state index contributed by atoms with van der Waals surface area (Å²) >= 11 is 0. The van der Waals surface area contributed by atoms with Crippen LogP contribution in [0.15, 0.2) is 0 Å². The van der Waals surface area contributed by atoms with E-state index in [0.717, 1.165) is 5.01 Å². The molecule has 10 heteroatoms. The summed E-state index contributed by atoms with van der Waals surface area (Å²) < 4.78 is 0. The smallest absolute Gasteiger partial charge is 0.262 e. The third kappa shape index (κ3) is 1.82. The van der Waals surface area contributed by atoms with E-state index in [9.17, 15) is 20.2 Å². The molecule has 10 nitrogen and oxygen atoms in total. The molecule has 2 aliphatic rings. The van der Waals surface area contributed by atoms with Crippen LogP contribution in [0.1, 0.15) is 0 Å². The Bertz CT molecular complexity index is 297. The Morgan fingerprint density at radius 1 is 1.20 bits per heavy atom. The second-order valence-electron chi connectivity index (χ2n) is 3.45. The lowest BCUT2D eigenvalue weighted by atomic mass is 10.5. The van der Waals surface area contributed by atoms with Crippen LogP contribution >= 0.6 is 0 Å². The van der Waals surface area contributed by atoms with Gasteiger partial charge < -0.3 is 0 Å². The van der Waals surface area contributed by atoms with Gasteiger partial charge in [0.2, 0.25) is 0 Å². The molecule has 3 unspecified atom stereocenters. The third-order valence-corrected chi connectivity index (χ3v) is 2.36. The summed E-state index contributed by atoms with van der Waals surface area (Å²) in [5, 5.41) is 24.3. The van der Waals surface area contributed by atoms with Crippen molar-refractivity contribution in [3.8, 4) is 0 Å². The normalized spacial score (nSPS) is 34.9. The van der Waals surface area contributed by atoms with Crippen LogP contribution in [0.5, 0.6) is 0 Å². The van der Waals surface area contributed by atoms with Gasteiger partial charge in [0.1, 0.15) is 13.3 Å². The highest BCUT2D eigenvalue weighted by Crippen LogP contribution is 2.13. The van der Waals surface area contributed by atoms with Gasteiger partial charge in [-0.3, -0.25) is 15.0 Å². The fourth-order valence-electron chi connectivity index (χ4n) is 1.74. The minimum absolute atomic E-state index is 0.0395. The van der Waals surface area contributed by atoms with Gasteiger partial charge in [0.25, 0.3) is 0 Å². The predicted molar refractivity (Wildman–Crippen MR) is 45.9 cm³/mol. The SMILES string of the molecule is O=[N+]([O-])C1NCN2CN1CN([N+](=O)[O-])C2. The number of fused-ring (bicyclic) bond motifs is 2. The molecule has 0 spiro atoms. The van der Waals surface area contributed by atoms with Crippen LogP contribution in [0.2, 0.25) is 0 Å². The number of hydrogen-bond donors (Lipinski definition) is 1. The zero-order valence-electron chi connectivity index (χ0n) is 7.77. The molecule has 3 atom stereocenters. The van der Waals surface area contributed by atoms with Crippen molar-refractivity contribution in [3.63, 3.8) is 0 Å². The average Bonchev–Trinajstić information content (AvgIpc) is 2.16. The Kier molecular flexibility index (Phi) is 2.38. The van der Waals surface area contributed by atoms with Crippen LogP contribution in [0.25, 0.3) is 0 Å². The molecule has 1 N–H and O–H groups in total. The number of hydrogen-bond acceptors (Lipinski definition) is 7. The Morgan fingerprint density at radius 3 is 2.53 bits per heavy atom. The van der Waals surface area contributed by atoms with Gasteiger partial charge >= 0.3 is 6.29 Å². The fourth-order valence-corrected chi connectivity index (χ4v) is 1.74. The molecule has 2 bridgehead atoms. The van der Waals surface area contributed by atoms with Crippen molar-refractivity contribution in [2.75, 3.05) is 26.7 Å². The lowest BCUT2D eigenvalue weighted by Crippen LogP contribution is -2.69. The van der Waals surface area contributed by atoms with Crippen LogP contribution < -0.4 is 5.32 Å². The first kappa shape index (κ1) is 10.0. The largest absolute Gasteiger partial charge is 0.329 e. The molecule has 0 aliphatic carbocycles. The zero-order valence-corrected chi connectivity index (χ0v) is 7.77. The Morgan fingerprint density at radius 2 is 1.93 bits per heavy atom. The minimum atomic E-state index is -1.04. The van der Waals surface area contributed by atoms with Crippen molar-refractivity contribution in [3.05, 3.63) is 20.2 Å². The number of hydrazine groups is 1. The molecule has 15 heavy (non-hydrogen) atoms. The van der Waals surface area contributed by atoms with Gasteiger partial charge in [-0.25, -0.2) is 15.4 Å².